The first-order chi connectivity index (χ1) is 15.0. The van der Waals surface area contributed by atoms with Crippen LogP contribution in [-0.4, -0.2) is 40.8 Å². The molecule has 0 N–H and O–H groups in total. The normalized spacial score (nSPS) is 16.9. The maximum Gasteiger partial charge on any atom is 0.267 e. The van der Waals surface area contributed by atoms with Crippen molar-refractivity contribution in [3.63, 3.8) is 0 Å². The number of aromatic nitrogens is 2. The van der Waals surface area contributed by atoms with Crippen molar-refractivity contribution < 1.29 is 13.9 Å². The Labute approximate surface area is 179 Å². The zero-order chi connectivity index (χ0) is 22.1. The molecule has 0 bridgehead atoms. The lowest BCUT2D eigenvalue weighted by atomic mass is 10.00. The van der Waals surface area contributed by atoms with Gasteiger partial charge in [-0.3, -0.25) is 9.59 Å². The Morgan fingerprint density at radius 2 is 1.94 bits per heavy atom. The van der Waals surface area contributed by atoms with E-state index < -0.39 is 5.82 Å². The highest BCUT2D eigenvalue weighted by atomic mass is 19.1. The monoisotopic (exact) mass is 421 g/mol. The largest absolute Gasteiger partial charge is 0.496 e. The van der Waals surface area contributed by atoms with Gasteiger partial charge in [-0.05, 0) is 42.5 Å². The molecule has 1 saturated heterocycles. The predicted molar refractivity (Wildman–Crippen MR) is 116 cm³/mol. The summed E-state index contributed by atoms with van der Waals surface area (Å²) in [7, 11) is 1.45. The van der Waals surface area contributed by atoms with Crippen molar-refractivity contribution in [2.45, 2.75) is 18.9 Å². The molecule has 1 aromatic heterocycles. The van der Waals surface area contributed by atoms with Crippen LogP contribution in [0.4, 0.5) is 4.39 Å². The molecule has 1 aliphatic carbocycles. The van der Waals surface area contributed by atoms with E-state index in [1.165, 1.54) is 30.0 Å². The second-order valence-corrected chi connectivity index (χ2v) is 7.76. The molecule has 160 valence electrons. The number of carbonyl (C=O) groups is 1. The van der Waals surface area contributed by atoms with Crippen LogP contribution < -0.4 is 10.3 Å². The minimum absolute atomic E-state index is 0.0996. The van der Waals surface area contributed by atoms with Gasteiger partial charge in [-0.15, -0.1) is 0 Å². The third-order valence-corrected chi connectivity index (χ3v) is 5.74. The molecule has 0 radical (unpaired) electrons. The first-order valence-electron chi connectivity index (χ1n) is 10.2. The first kappa shape index (κ1) is 20.8. The third kappa shape index (κ3) is 3.95. The fourth-order valence-corrected chi connectivity index (χ4v) is 3.87. The van der Waals surface area contributed by atoms with Crippen molar-refractivity contribution in [1.29, 1.82) is 0 Å². The van der Waals surface area contributed by atoms with Crippen LogP contribution in [0.15, 0.2) is 71.6 Å². The molecule has 4 rings (SSSR count). The molecule has 1 aliphatic heterocycles. The fourth-order valence-electron chi connectivity index (χ4n) is 3.87. The van der Waals surface area contributed by atoms with Crippen molar-refractivity contribution in [2.24, 2.45) is 5.92 Å². The van der Waals surface area contributed by atoms with Crippen LogP contribution in [0.25, 0.3) is 11.3 Å². The standard InChI is InChI=1S/C24H24FN3O3/c1-4-18(15-6-7-15)19(5-2)24(30)27-13-17(14-27)28-23(29)11-10-21(26-28)20-9-8-16(25)12-22(20)31-3/h4-5,8-12,15,17H,1-2,6-7,13-14H2,3H3/b19-18-. The van der Waals surface area contributed by atoms with Gasteiger partial charge in [0, 0.05) is 36.4 Å². The highest BCUT2D eigenvalue weighted by Gasteiger charge is 2.36. The maximum absolute atomic E-state index is 13.5. The minimum atomic E-state index is -0.418. The Bertz CT molecular complexity index is 1140. The van der Waals surface area contributed by atoms with Gasteiger partial charge in [0.05, 0.1) is 18.8 Å². The molecule has 0 unspecified atom stereocenters. The number of halogens is 1. The molecule has 0 atom stereocenters. The van der Waals surface area contributed by atoms with Gasteiger partial charge in [0.15, 0.2) is 0 Å². The SMILES string of the molecule is C=C/C(C(=O)N1CC(n2nc(-c3ccc(F)cc3OC)ccc2=O)C1)=C(\C=C)C1CC1. The number of ether oxygens (including phenoxy) is 1. The van der Waals surface area contributed by atoms with Gasteiger partial charge in [0.25, 0.3) is 11.5 Å². The highest BCUT2D eigenvalue weighted by molar-refractivity contribution is 5.98. The number of benzene rings is 1. The summed E-state index contributed by atoms with van der Waals surface area (Å²) in [5.74, 6) is 0.204. The summed E-state index contributed by atoms with van der Waals surface area (Å²) >= 11 is 0. The average Bonchev–Trinajstić information content (AvgIpc) is 3.57. The van der Waals surface area contributed by atoms with Crippen molar-refractivity contribution in [3.05, 3.63) is 83.0 Å². The lowest BCUT2D eigenvalue weighted by Gasteiger charge is -2.39. The van der Waals surface area contributed by atoms with Gasteiger partial charge in [-0.1, -0.05) is 25.3 Å². The third-order valence-electron chi connectivity index (χ3n) is 5.74. The van der Waals surface area contributed by atoms with E-state index in [4.69, 9.17) is 4.74 Å². The molecular weight excluding hydrogens is 397 g/mol. The molecule has 6 nitrogen and oxygen atoms in total. The number of rotatable bonds is 7. The fraction of sp³-hybridized carbons (Fsp3) is 0.292. The molecule has 2 aromatic rings. The van der Waals surface area contributed by atoms with E-state index >= 15 is 0 Å². The molecule has 2 heterocycles. The predicted octanol–water partition coefficient (Wildman–Crippen LogP) is 3.52. The minimum Gasteiger partial charge on any atom is -0.496 e. The average molecular weight is 421 g/mol. The second kappa shape index (κ2) is 8.34. The molecule has 7 heteroatoms. The molecule has 2 fully saturated rings. The van der Waals surface area contributed by atoms with Gasteiger partial charge >= 0.3 is 0 Å². The number of carbonyl (C=O) groups excluding carboxylic acids is 1. The maximum atomic E-state index is 13.5. The van der Waals surface area contributed by atoms with Gasteiger partial charge < -0.3 is 9.64 Å². The van der Waals surface area contributed by atoms with Gasteiger partial charge in [-0.2, -0.15) is 5.10 Å². The number of hydrogen-bond acceptors (Lipinski definition) is 4. The molecule has 1 aromatic carbocycles. The highest BCUT2D eigenvalue weighted by Crippen LogP contribution is 2.39. The Kier molecular flexibility index (Phi) is 5.59. The molecule has 1 saturated carbocycles. The number of methoxy groups -OCH3 is 1. The zero-order valence-electron chi connectivity index (χ0n) is 17.4. The van der Waals surface area contributed by atoms with Crippen molar-refractivity contribution in [3.8, 4) is 17.0 Å². The summed E-state index contributed by atoms with van der Waals surface area (Å²) in [5, 5.41) is 4.47. The number of hydrogen-bond donors (Lipinski definition) is 0. The number of likely N-dealkylation sites (tertiary alicyclic amines) is 1. The van der Waals surface area contributed by atoms with Crippen molar-refractivity contribution in [1.82, 2.24) is 14.7 Å². The lowest BCUT2D eigenvalue weighted by Crippen LogP contribution is -2.53. The molecule has 1 amide bonds. The van der Waals surface area contributed by atoms with Crippen molar-refractivity contribution in [2.75, 3.05) is 20.2 Å². The van der Waals surface area contributed by atoms with Crippen LogP contribution in [0, 0.1) is 11.7 Å². The van der Waals surface area contributed by atoms with Crippen molar-refractivity contribution >= 4 is 5.91 Å². The van der Waals surface area contributed by atoms with E-state index in [-0.39, 0.29) is 17.5 Å². The lowest BCUT2D eigenvalue weighted by molar-refractivity contribution is -0.132. The summed E-state index contributed by atoms with van der Waals surface area (Å²) in [4.78, 5) is 27.1. The molecule has 31 heavy (non-hydrogen) atoms. The van der Waals surface area contributed by atoms with Gasteiger partial charge in [0.1, 0.15) is 11.6 Å². The summed E-state index contributed by atoms with van der Waals surface area (Å²) in [6.45, 7) is 8.40. The number of nitrogens with zero attached hydrogens (tertiary/aromatic N) is 3. The van der Waals surface area contributed by atoms with Gasteiger partial charge in [-0.25, -0.2) is 9.07 Å². The van der Waals surface area contributed by atoms with E-state index in [0.29, 0.717) is 41.6 Å². The van der Waals surface area contributed by atoms with E-state index in [1.54, 1.807) is 29.2 Å². The van der Waals surface area contributed by atoms with E-state index in [1.807, 2.05) is 0 Å². The quantitative estimate of drug-likeness (QED) is 0.507. The van der Waals surface area contributed by atoms with E-state index in [9.17, 15) is 14.0 Å². The summed E-state index contributed by atoms with van der Waals surface area (Å²) in [6.07, 6.45) is 5.47. The summed E-state index contributed by atoms with van der Waals surface area (Å²) in [5.41, 5.74) is 2.36. The smallest absolute Gasteiger partial charge is 0.267 e. The van der Waals surface area contributed by atoms with E-state index in [2.05, 4.69) is 18.3 Å². The number of amides is 1. The van der Waals surface area contributed by atoms with Crippen LogP contribution in [-0.2, 0) is 4.79 Å². The Hall–Kier alpha value is -3.48. The van der Waals surface area contributed by atoms with Crippen LogP contribution in [0.5, 0.6) is 5.75 Å². The molecular formula is C24H24FN3O3. The van der Waals surface area contributed by atoms with Crippen LogP contribution >= 0.6 is 0 Å². The summed E-state index contributed by atoms with van der Waals surface area (Å²) in [6, 6.07) is 6.93. The first-order valence-corrected chi connectivity index (χ1v) is 10.2. The number of allylic oxidation sites excluding steroid dienone is 2. The van der Waals surface area contributed by atoms with Crippen LogP contribution in [0.2, 0.25) is 0 Å². The van der Waals surface area contributed by atoms with E-state index in [0.717, 1.165) is 18.4 Å². The van der Waals surface area contributed by atoms with Crippen LogP contribution in [0.1, 0.15) is 18.9 Å². The van der Waals surface area contributed by atoms with Gasteiger partial charge in [0.2, 0.25) is 0 Å². The molecule has 2 aliphatic rings. The topological polar surface area (TPSA) is 64.4 Å². The Balaban J connectivity index is 1.56. The van der Waals surface area contributed by atoms with Crippen LogP contribution in [0.3, 0.4) is 0 Å². The zero-order valence-corrected chi connectivity index (χ0v) is 17.4. The molecule has 0 spiro atoms. The second-order valence-electron chi connectivity index (χ2n) is 7.76. The Morgan fingerprint density at radius 3 is 2.55 bits per heavy atom. The summed E-state index contributed by atoms with van der Waals surface area (Å²) < 4.78 is 20.2. The Morgan fingerprint density at radius 1 is 1.19 bits per heavy atom.